The normalized spacial score (nSPS) is 24.9. The standard InChI is InChI=1S/C23H33N5O5S/c1-23(30)11-5-6-19(23)28-20(29)8-7-17-16-24-22(26-21(17)28)25-18-9-12-27(13-10-18)34(31,32)15-4-3-14-33-2/h4,7-8,15-16,18-19,30H,3,5-6,9-14H2,1-2H3,(H,24,25,26)/b15-4+/t19-,23-/m1/s1. The number of hydrogen-bond acceptors (Lipinski definition) is 8. The van der Waals surface area contributed by atoms with Gasteiger partial charge in [-0.05, 0) is 51.5 Å². The summed E-state index contributed by atoms with van der Waals surface area (Å²) in [6, 6.07) is 2.87. The Morgan fingerprint density at radius 2 is 2.06 bits per heavy atom. The Morgan fingerprint density at radius 3 is 2.74 bits per heavy atom. The molecular formula is C23H33N5O5S. The minimum absolute atomic E-state index is 0.0137. The van der Waals surface area contributed by atoms with Crippen LogP contribution in [0.2, 0.25) is 0 Å². The fraction of sp³-hybridized carbons (Fsp3) is 0.609. The Kier molecular flexibility index (Phi) is 7.36. The van der Waals surface area contributed by atoms with Gasteiger partial charge in [-0.2, -0.15) is 9.29 Å². The summed E-state index contributed by atoms with van der Waals surface area (Å²) in [5.41, 5.74) is -0.660. The molecule has 0 bridgehead atoms. The molecule has 2 aromatic rings. The molecule has 2 aromatic heterocycles. The molecule has 0 spiro atoms. The summed E-state index contributed by atoms with van der Waals surface area (Å²) in [6.45, 7) is 3.05. The van der Waals surface area contributed by atoms with Crippen molar-refractivity contribution >= 4 is 27.0 Å². The molecule has 186 valence electrons. The van der Waals surface area contributed by atoms with Crippen molar-refractivity contribution < 1.29 is 18.3 Å². The number of aliphatic hydroxyl groups is 1. The highest BCUT2D eigenvalue weighted by Gasteiger charge is 2.39. The summed E-state index contributed by atoms with van der Waals surface area (Å²) >= 11 is 0. The monoisotopic (exact) mass is 491 g/mol. The Hall–Kier alpha value is -2.34. The highest BCUT2D eigenvalue weighted by atomic mass is 32.2. The van der Waals surface area contributed by atoms with Crippen molar-refractivity contribution in [3.63, 3.8) is 0 Å². The van der Waals surface area contributed by atoms with Gasteiger partial charge in [0, 0.05) is 55.9 Å². The zero-order valence-electron chi connectivity index (χ0n) is 19.7. The molecule has 0 radical (unpaired) electrons. The van der Waals surface area contributed by atoms with Crippen molar-refractivity contribution in [2.24, 2.45) is 0 Å². The minimum atomic E-state index is -3.44. The fourth-order valence-corrected chi connectivity index (χ4v) is 6.12. The smallest absolute Gasteiger partial charge is 0.252 e. The van der Waals surface area contributed by atoms with Gasteiger partial charge in [-0.1, -0.05) is 6.08 Å². The van der Waals surface area contributed by atoms with E-state index in [1.807, 2.05) is 0 Å². The first-order valence-electron chi connectivity index (χ1n) is 11.7. The molecule has 0 aromatic carbocycles. The van der Waals surface area contributed by atoms with Crippen LogP contribution in [-0.2, 0) is 14.8 Å². The fourth-order valence-electron chi connectivity index (χ4n) is 4.85. The van der Waals surface area contributed by atoms with Crippen molar-refractivity contribution in [1.82, 2.24) is 18.8 Å². The first-order valence-corrected chi connectivity index (χ1v) is 13.2. The highest BCUT2D eigenvalue weighted by molar-refractivity contribution is 7.92. The first-order chi connectivity index (χ1) is 16.2. The van der Waals surface area contributed by atoms with Crippen LogP contribution in [0.15, 0.2) is 34.6 Å². The third-order valence-corrected chi connectivity index (χ3v) is 8.38. The lowest BCUT2D eigenvalue weighted by molar-refractivity contribution is 0.0267. The van der Waals surface area contributed by atoms with E-state index in [-0.39, 0.29) is 17.6 Å². The van der Waals surface area contributed by atoms with Crippen LogP contribution >= 0.6 is 0 Å². The topological polar surface area (TPSA) is 127 Å². The summed E-state index contributed by atoms with van der Waals surface area (Å²) in [5.74, 6) is 0.394. The van der Waals surface area contributed by atoms with E-state index in [1.165, 1.54) is 15.8 Å². The Morgan fingerprint density at radius 1 is 1.29 bits per heavy atom. The second kappa shape index (κ2) is 10.1. The molecule has 3 heterocycles. The molecule has 1 aliphatic carbocycles. The quantitative estimate of drug-likeness (QED) is 0.537. The molecule has 34 heavy (non-hydrogen) atoms. The largest absolute Gasteiger partial charge is 0.388 e. The Labute approximate surface area is 199 Å². The van der Waals surface area contributed by atoms with E-state index in [4.69, 9.17) is 4.74 Å². The molecule has 10 nitrogen and oxygen atoms in total. The molecule has 11 heteroatoms. The molecule has 2 atom stereocenters. The van der Waals surface area contributed by atoms with Crippen LogP contribution in [0.25, 0.3) is 11.0 Å². The maximum absolute atomic E-state index is 12.7. The van der Waals surface area contributed by atoms with Gasteiger partial charge in [0.15, 0.2) is 0 Å². The number of aromatic nitrogens is 3. The number of sulfonamides is 1. The minimum Gasteiger partial charge on any atom is -0.388 e. The zero-order chi connectivity index (χ0) is 24.3. The van der Waals surface area contributed by atoms with Crippen LogP contribution in [-0.4, -0.2) is 70.8 Å². The second-order valence-corrected chi connectivity index (χ2v) is 11.1. The SMILES string of the molecule is COCC/C=C/S(=O)(=O)N1CCC(Nc2ncc3ccc(=O)n([C@@H]4CCC[C@@]4(C)O)c3n2)CC1. The molecule has 0 unspecified atom stereocenters. The maximum atomic E-state index is 12.7. The van der Waals surface area contributed by atoms with Crippen LogP contribution in [0, 0.1) is 0 Å². The summed E-state index contributed by atoms with van der Waals surface area (Å²) in [4.78, 5) is 21.8. The van der Waals surface area contributed by atoms with Crippen LogP contribution in [0.5, 0.6) is 0 Å². The van der Waals surface area contributed by atoms with Gasteiger partial charge in [0.05, 0.1) is 11.6 Å². The molecular weight excluding hydrogens is 458 g/mol. The lowest BCUT2D eigenvalue weighted by atomic mass is 10.00. The summed E-state index contributed by atoms with van der Waals surface area (Å²) in [6.07, 6.45) is 7.28. The molecule has 0 amide bonds. The number of rotatable bonds is 8. The molecule has 1 saturated carbocycles. The van der Waals surface area contributed by atoms with Crippen LogP contribution in [0.1, 0.15) is 51.5 Å². The number of hydrogen-bond donors (Lipinski definition) is 2. The van der Waals surface area contributed by atoms with E-state index >= 15 is 0 Å². The predicted octanol–water partition coefficient (Wildman–Crippen LogP) is 2.02. The average Bonchev–Trinajstić information content (AvgIpc) is 3.15. The summed E-state index contributed by atoms with van der Waals surface area (Å²) in [7, 11) is -1.86. The molecule has 2 aliphatic rings. The zero-order valence-corrected chi connectivity index (χ0v) is 20.5. The number of pyridine rings is 1. The number of nitrogens with one attached hydrogen (secondary N) is 1. The van der Waals surface area contributed by atoms with E-state index < -0.39 is 15.6 Å². The lowest BCUT2D eigenvalue weighted by Gasteiger charge is -2.31. The van der Waals surface area contributed by atoms with E-state index in [0.29, 0.717) is 63.4 Å². The van der Waals surface area contributed by atoms with E-state index in [0.717, 1.165) is 11.8 Å². The van der Waals surface area contributed by atoms with Gasteiger partial charge in [-0.15, -0.1) is 0 Å². The second-order valence-electron chi connectivity index (χ2n) is 9.30. The van der Waals surface area contributed by atoms with E-state index in [2.05, 4.69) is 15.3 Å². The third-order valence-electron chi connectivity index (χ3n) is 6.76. The van der Waals surface area contributed by atoms with Crippen molar-refractivity contribution in [2.75, 3.05) is 32.1 Å². The maximum Gasteiger partial charge on any atom is 0.252 e. The van der Waals surface area contributed by atoms with E-state index in [1.54, 1.807) is 36.9 Å². The number of fused-ring (bicyclic) bond motifs is 1. The van der Waals surface area contributed by atoms with Gasteiger partial charge in [-0.3, -0.25) is 9.36 Å². The Balaban J connectivity index is 1.47. The molecule has 2 fully saturated rings. The molecule has 1 aliphatic heterocycles. The Bertz CT molecular complexity index is 1200. The van der Waals surface area contributed by atoms with E-state index in [9.17, 15) is 18.3 Å². The van der Waals surface area contributed by atoms with Crippen molar-refractivity contribution in [1.29, 1.82) is 0 Å². The molecule has 2 N–H and O–H groups in total. The lowest BCUT2D eigenvalue weighted by Crippen LogP contribution is -2.41. The van der Waals surface area contributed by atoms with Crippen LogP contribution in [0.3, 0.4) is 0 Å². The van der Waals surface area contributed by atoms with Gasteiger partial charge in [0.1, 0.15) is 5.65 Å². The van der Waals surface area contributed by atoms with Gasteiger partial charge >= 0.3 is 0 Å². The number of anilines is 1. The average molecular weight is 492 g/mol. The van der Waals surface area contributed by atoms with Crippen LogP contribution in [0.4, 0.5) is 5.95 Å². The highest BCUT2D eigenvalue weighted by Crippen LogP contribution is 2.39. The van der Waals surface area contributed by atoms with Crippen molar-refractivity contribution in [2.45, 2.75) is 63.1 Å². The summed E-state index contributed by atoms with van der Waals surface area (Å²) in [5, 5.41) is 16.1. The van der Waals surface area contributed by atoms with Crippen molar-refractivity contribution in [3.8, 4) is 0 Å². The van der Waals surface area contributed by atoms with Gasteiger partial charge in [0.25, 0.3) is 5.56 Å². The first kappa shape index (κ1) is 24.8. The van der Waals surface area contributed by atoms with Gasteiger partial charge in [-0.25, -0.2) is 13.4 Å². The van der Waals surface area contributed by atoms with Gasteiger partial charge < -0.3 is 15.2 Å². The number of piperidine rings is 1. The number of ether oxygens (including phenoxy) is 1. The molecule has 1 saturated heterocycles. The van der Waals surface area contributed by atoms with Gasteiger partial charge in [0.2, 0.25) is 16.0 Å². The molecule has 4 rings (SSSR count). The van der Waals surface area contributed by atoms with Crippen molar-refractivity contribution in [3.05, 3.63) is 40.2 Å². The summed E-state index contributed by atoms with van der Waals surface area (Å²) < 4.78 is 33.0. The third kappa shape index (κ3) is 5.32. The predicted molar refractivity (Wildman–Crippen MR) is 130 cm³/mol. The number of methoxy groups -OCH3 is 1. The number of nitrogens with zero attached hydrogens (tertiary/aromatic N) is 4. The van der Waals surface area contributed by atoms with Crippen LogP contribution < -0.4 is 10.9 Å².